The molecule has 0 amide bonds. The van der Waals surface area contributed by atoms with Gasteiger partial charge in [-0.15, -0.1) is 0 Å². The van der Waals surface area contributed by atoms with Crippen LogP contribution in [0.25, 0.3) is 33.6 Å². The van der Waals surface area contributed by atoms with E-state index in [0.717, 1.165) is 11.4 Å². The maximum Gasteiger partial charge on any atom is 2.00 e. The quantitative estimate of drug-likeness (QED) is 0.123. The molecular formula is C28H28N6O4RuS2Y3. The minimum absolute atomic E-state index is 0. The Hall–Kier alpha value is -0.925. The van der Waals surface area contributed by atoms with Crippen LogP contribution in [0.2, 0.25) is 0 Å². The number of carboxylic acid groups (broad SMARTS) is 2. The zero-order valence-corrected chi connectivity index (χ0v) is 36.3. The van der Waals surface area contributed by atoms with Gasteiger partial charge in [-0.2, -0.15) is 10.3 Å². The number of carboxylic acids is 2. The number of aromatic nitrogens is 4. The Labute approximate surface area is 356 Å². The summed E-state index contributed by atoms with van der Waals surface area (Å²) >= 11 is 7.40. The molecule has 0 aliphatic rings. The fraction of sp³-hybridized carbons (Fsp3) is 0.143. The van der Waals surface area contributed by atoms with E-state index in [2.05, 4.69) is 44.4 Å². The van der Waals surface area contributed by atoms with E-state index in [1.54, 1.807) is 12.4 Å². The molecule has 16 heteroatoms. The second-order valence-corrected chi connectivity index (χ2v) is 6.45. The van der Waals surface area contributed by atoms with Gasteiger partial charge in [0.25, 0.3) is 0 Å². The molecule has 0 aliphatic carbocycles. The molecule has 0 saturated heterocycles. The number of hydrogen-bond acceptors (Lipinski definition) is 8. The first-order valence-corrected chi connectivity index (χ1v) is 12.4. The molecule has 4 heterocycles. The first-order chi connectivity index (χ1) is 19.4. The third-order valence-corrected chi connectivity index (χ3v) is 3.87. The van der Waals surface area contributed by atoms with Crippen LogP contribution in [0.1, 0.15) is 48.4 Å². The van der Waals surface area contributed by atoms with Crippen LogP contribution >= 0.6 is 24.4 Å². The van der Waals surface area contributed by atoms with Crippen LogP contribution < -0.4 is 0 Å². The molecular weight excluding hydrogens is 916 g/mol. The smallest absolute Gasteiger partial charge is 0.753 e. The van der Waals surface area contributed by atoms with Gasteiger partial charge in [0.05, 0.1) is 33.9 Å². The zero-order chi connectivity index (χ0) is 30.8. The molecule has 0 fully saturated rings. The molecule has 0 aromatic carbocycles. The van der Waals surface area contributed by atoms with E-state index in [4.69, 9.17) is 21.0 Å². The van der Waals surface area contributed by atoms with Gasteiger partial charge in [-0.05, 0) is 48.5 Å². The molecule has 2 N–H and O–H groups in total. The van der Waals surface area contributed by atoms with Crippen molar-refractivity contribution in [3.63, 3.8) is 0 Å². The maximum atomic E-state index is 10.8. The molecule has 44 heavy (non-hydrogen) atoms. The van der Waals surface area contributed by atoms with Gasteiger partial charge >= 0.3 is 31.4 Å². The third-order valence-electron chi connectivity index (χ3n) is 3.87. The average molecular weight is 944 g/mol. The summed E-state index contributed by atoms with van der Waals surface area (Å²) in [4.78, 5) is 38.0. The van der Waals surface area contributed by atoms with E-state index in [-0.39, 0.29) is 129 Å². The van der Waals surface area contributed by atoms with E-state index < -0.39 is 11.9 Å². The SMILES string of the molecule is CC.CC.O=C(O)c1ccnc(-c2cc(C(=O)O)ccn2)c1.[N-]=C=S.[N-]=C=S.[Ru+2].[Y].[Y].[Y].c1ccc(-c2ccccn2)nc1. The van der Waals surface area contributed by atoms with Gasteiger partial charge in [0.1, 0.15) is 0 Å². The first-order valence-electron chi connectivity index (χ1n) is 11.6. The van der Waals surface area contributed by atoms with E-state index >= 15 is 0 Å². The zero-order valence-electron chi connectivity index (χ0n) is 24.4. The van der Waals surface area contributed by atoms with Crippen molar-refractivity contribution in [1.29, 1.82) is 0 Å². The van der Waals surface area contributed by atoms with Crippen molar-refractivity contribution in [1.82, 2.24) is 19.9 Å². The second kappa shape index (κ2) is 38.3. The predicted molar refractivity (Wildman–Crippen MR) is 163 cm³/mol. The summed E-state index contributed by atoms with van der Waals surface area (Å²) in [6.07, 6.45) is 6.22. The molecule has 10 nitrogen and oxygen atoms in total. The van der Waals surface area contributed by atoms with Crippen LogP contribution in [0, 0.1) is 0 Å². The van der Waals surface area contributed by atoms with Gasteiger partial charge in [0.15, 0.2) is 0 Å². The van der Waals surface area contributed by atoms with Gasteiger partial charge in [0, 0.05) is 123 Å². The summed E-state index contributed by atoms with van der Waals surface area (Å²) in [7, 11) is 0. The molecule has 0 saturated carbocycles. The van der Waals surface area contributed by atoms with Crippen LogP contribution in [0.15, 0.2) is 85.5 Å². The van der Waals surface area contributed by atoms with E-state index in [0.29, 0.717) is 11.4 Å². The van der Waals surface area contributed by atoms with Crippen molar-refractivity contribution in [2.24, 2.45) is 0 Å². The summed E-state index contributed by atoms with van der Waals surface area (Å²) < 4.78 is 0. The van der Waals surface area contributed by atoms with Crippen molar-refractivity contribution >= 4 is 46.7 Å². The van der Waals surface area contributed by atoms with E-state index in [1.807, 2.05) is 64.1 Å². The van der Waals surface area contributed by atoms with Gasteiger partial charge in [0.2, 0.25) is 0 Å². The maximum absolute atomic E-state index is 10.8. The molecule has 3 radical (unpaired) electrons. The number of rotatable bonds is 4. The Bertz CT molecular complexity index is 1260. The van der Waals surface area contributed by atoms with Gasteiger partial charge in [-0.25, -0.2) is 9.59 Å². The topological polar surface area (TPSA) is 171 Å². The van der Waals surface area contributed by atoms with Crippen LogP contribution in [-0.2, 0) is 118 Å². The van der Waals surface area contributed by atoms with Crippen LogP contribution in [0.5, 0.6) is 0 Å². The molecule has 223 valence electrons. The number of isothiocyanates is 2. The molecule has 0 aliphatic heterocycles. The van der Waals surface area contributed by atoms with Crippen molar-refractivity contribution in [2.75, 3.05) is 0 Å². The summed E-state index contributed by atoms with van der Waals surface area (Å²) in [6.45, 7) is 8.00. The second-order valence-electron chi connectivity index (χ2n) is 6.08. The minimum atomic E-state index is -1.08. The average Bonchev–Trinajstić information content (AvgIpc) is 3.01. The summed E-state index contributed by atoms with van der Waals surface area (Å²) in [6, 6.07) is 17.0. The molecule has 0 spiro atoms. The monoisotopic (exact) mass is 945 g/mol. The van der Waals surface area contributed by atoms with E-state index in [9.17, 15) is 9.59 Å². The fourth-order valence-corrected chi connectivity index (χ4v) is 2.44. The molecule has 4 aromatic heterocycles. The summed E-state index contributed by atoms with van der Waals surface area (Å²) in [5.74, 6) is -2.15. The number of thiocarbonyl (C=S) groups is 2. The Balaban J connectivity index is -0.000000122. The van der Waals surface area contributed by atoms with E-state index in [1.165, 1.54) is 47.0 Å². The van der Waals surface area contributed by atoms with Crippen LogP contribution in [0.4, 0.5) is 0 Å². The Morgan fingerprint density at radius 1 is 0.591 bits per heavy atom. The van der Waals surface area contributed by atoms with Gasteiger partial charge in [-0.3, -0.25) is 19.9 Å². The number of pyridine rings is 4. The van der Waals surface area contributed by atoms with Crippen molar-refractivity contribution < 1.29 is 137 Å². The number of carbonyl (C=O) groups is 2. The largest absolute Gasteiger partial charge is 2.00 e. The molecule has 4 rings (SSSR count). The molecule has 0 bridgehead atoms. The Morgan fingerprint density at radius 3 is 1.09 bits per heavy atom. The van der Waals surface area contributed by atoms with Gasteiger partial charge in [-0.1, -0.05) is 64.3 Å². The Kier molecular flexibility index (Phi) is 48.2. The van der Waals surface area contributed by atoms with Crippen molar-refractivity contribution in [3.05, 3.63) is 107 Å². The van der Waals surface area contributed by atoms with Crippen LogP contribution in [-0.4, -0.2) is 52.4 Å². The normalized spacial score (nSPS) is 7.36. The molecule has 0 atom stereocenters. The standard InChI is InChI=1S/C12H8N2O4.C10H8N2.2C2H6.2CNS.Ru.3Y/c15-11(16)7-1-3-13-9(5-7)10-6-8(12(17)18)2-4-14-10;1-3-7-11-9(5-1)10-6-2-4-8-12-10;2*1-2;2*2-1-3;;;;/h1-6H,(H,15,16)(H,17,18);1-8H;2*1-2H3;;;;;;/q;;;;2*-1;+2;;;. The summed E-state index contributed by atoms with van der Waals surface area (Å²) in [5, 5.41) is 34.6. The summed E-state index contributed by atoms with van der Waals surface area (Å²) in [5.41, 5.74) is 2.61. The molecule has 4 aromatic rings. The predicted octanol–water partition coefficient (Wildman–Crippen LogP) is 7.04. The third kappa shape index (κ3) is 25.3. The number of hydrogen-bond donors (Lipinski definition) is 2. The first kappa shape index (κ1) is 55.5. The van der Waals surface area contributed by atoms with Crippen molar-refractivity contribution in [2.45, 2.75) is 27.7 Å². The minimum Gasteiger partial charge on any atom is -0.753 e. The number of nitrogens with zero attached hydrogens (tertiary/aromatic N) is 6. The van der Waals surface area contributed by atoms with Crippen molar-refractivity contribution in [3.8, 4) is 22.8 Å². The number of aromatic carboxylic acids is 2. The van der Waals surface area contributed by atoms with Gasteiger partial charge < -0.3 is 21.0 Å². The fourth-order valence-electron chi connectivity index (χ4n) is 2.44. The van der Waals surface area contributed by atoms with Crippen LogP contribution in [0.3, 0.4) is 0 Å². The Morgan fingerprint density at radius 2 is 0.864 bits per heavy atom. The molecule has 0 unspecified atom stereocenters.